The van der Waals surface area contributed by atoms with Crippen LogP contribution < -0.4 is 5.32 Å². The van der Waals surface area contributed by atoms with Gasteiger partial charge in [-0.25, -0.2) is 0 Å². The fourth-order valence-electron chi connectivity index (χ4n) is 3.35. The molecule has 0 amide bonds. The normalized spacial score (nSPS) is 23.9. The maximum absolute atomic E-state index is 4.13. The Morgan fingerprint density at radius 3 is 2.43 bits per heavy atom. The molecule has 0 bridgehead atoms. The molecule has 1 aliphatic heterocycles. The third kappa shape index (κ3) is 5.40. The summed E-state index contributed by atoms with van der Waals surface area (Å²) in [7, 11) is 0. The number of rotatable bonds is 6. The van der Waals surface area contributed by atoms with Crippen molar-refractivity contribution < 1.29 is 0 Å². The molecule has 3 heteroatoms. The lowest BCUT2D eigenvalue weighted by molar-refractivity contribution is 0.0997. The number of pyridine rings is 1. The lowest BCUT2D eigenvalue weighted by atomic mass is 9.95. The molecule has 2 heterocycles. The molecule has 1 aliphatic rings. The third-order valence-corrected chi connectivity index (χ3v) is 4.25. The molecule has 1 saturated heterocycles. The molecule has 3 nitrogen and oxygen atoms in total. The zero-order valence-electron chi connectivity index (χ0n) is 14.0. The number of hydrogen-bond donors (Lipinski definition) is 1. The average molecular weight is 289 g/mol. The molecule has 0 saturated carbocycles. The van der Waals surface area contributed by atoms with E-state index < -0.39 is 0 Å². The number of aromatic nitrogens is 1. The van der Waals surface area contributed by atoms with Gasteiger partial charge in [-0.3, -0.25) is 9.88 Å². The van der Waals surface area contributed by atoms with Crippen LogP contribution in [0.1, 0.15) is 46.1 Å². The molecule has 0 aliphatic carbocycles. The van der Waals surface area contributed by atoms with E-state index in [9.17, 15) is 0 Å². The quantitative estimate of drug-likeness (QED) is 0.871. The summed E-state index contributed by atoms with van der Waals surface area (Å²) in [6.45, 7) is 12.6. The van der Waals surface area contributed by atoms with Gasteiger partial charge in [0, 0.05) is 44.1 Å². The fourth-order valence-corrected chi connectivity index (χ4v) is 3.35. The first-order valence-electron chi connectivity index (χ1n) is 8.41. The molecular weight excluding hydrogens is 258 g/mol. The summed E-state index contributed by atoms with van der Waals surface area (Å²) in [6, 6.07) is 5.58. The van der Waals surface area contributed by atoms with Crippen molar-refractivity contribution in [2.45, 2.75) is 59.2 Å². The van der Waals surface area contributed by atoms with E-state index in [-0.39, 0.29) is 0 Å². The Kier molecular flexibility index (Phi) is 6.19. The van der Waals surface area contributed by atoms with E-state index in [2.05, 4.69) is 55.0 Å². The topological polar surface area (TPSA) is 28.2 Å². The third-order valence-electron chi connectivity index (χ3n) is 4.25. The standard InChI is InChI=1S/C18H31N3/c1-14(2)9-17-13-21(12-16-5-7-19-8-6-16)18(11-20-17)10-15(3)4/h5-8,14-15,17-18,20H,9-13H2,1-4H3. The van der Waals surface area contributed by atoms with E-state index in [0.717, 1.165) is 31.5 Å². The van der Waals surface area contributed by atoms with Gasteiger partial charge >= 0.3 is 0 Å². The lowest BCUT2D eigenvalue weighted by Crippen LogP contribution is -2.56. The minimum absolute atomic E-state index is 0.634. The van der Waals surface area contributed by atoms with Crippen LogP contribution in [0.25, 0.3) is 0 Å². The van der Waals surface area contributed by atoms with E-state index in [0.29, 0.717) is 12.1 Å². The number of nitrogens with one attached hydrogen (secondary N) is 1. The number of piperazine rings is 1. The van der Waals surface area contributed by atoms with E-state index in [1.165, 1.54) is 18.4 Å². The van der Waals surface area contributed by atoms with E-state index in [1.54, 1.807) is 0 Å². The van der Waals surface area contributed by atoms with Gasteiger partial charge in [-0.15, -0.1) is 0 Å². The van der Waals surface area contributed by atoms with Crippen LogP contribution in [-0.2, 0) is 6.54 Å². The van der Waals surface area contributed by atoms with E-state index in [1.807, 2.05) is 12.4 Å². The van der Waals surface area contributed by atoms with E-state index >= 15 is 0 Å². The van der Waals surface area contributed by atoms with Crippen molar-refractivity contribution in [3.05, 3.63) is 30.1 Å². The molecule has 1 fully saturated rings. The van der Waals surface area contributed by atoms with Gasteiger partial charge in [-0.05, 0) is 42.4 Å². The van der Waals surface area contributed by atoms with Gasteiger partial charge in [0.25, 0.3) is 0 Å². The first-order chi connectivity index (χ1) is 10.0. The fraction of sp³-hybridized carbons (Fsp3) is 0.722. The van der Waals surface area contributed by atoms with Gasteiger partial charge in [0.1, 0.15) is 0 Å². The van der Waals surface area contributed by atoms with Crippen LogP contribution in [0.15, 0.2) is 24.5 Å². The smallest absolute Gasteiger partial charge is 0.0271 e. The average Bonchev–Trinajstić information content (AvgIpc) is 2.42. The summed E-state index contributed by atoms with van der Waals surface area (Å²) in [4.78, 5) is 6.81. The van der Waals surface area contributed by atoms with E-state index in [4.69, 9.17) is 0 Å². The monoisotopic (exact) mass is 289 g/mol. The molecule has 1 aromatic heterocycles. The maximum Gasteiger partial charge on any atom is 0.0271 e. The second-order valence-corrected chi connectivity index (χ2v) is 7.30. The van der Waals surface area contributed by atoms with Crippen molar-refractivity contribution in [1.82, 2.24) is 15.2 Å². The summed E-state index contributed by atoms with van der Waals surface area (Å²) in [5.74, 6) is 1.50. The second kappa shape index (κ2) is 7.90. The highest BCUT2D eigenvalue weighted by molar-refractivity contribution is 5.10. The van der Waals surface area contributed by atoms with Crippen molar-refractivity contribution in [2.24, 2.45) is 11.8 Å². The van der Waals surface area contributed by atoms with Crippen molar-refractivity contribution >= 4 is 0 Å². The Labute approximate surface area is 130 Å². The second-order valence-electron chi connectivity index (χ2n) is 7.30. The molecule has 0 aromatic carbocycles. The highest BCUT2D eigenvalue weighted by Crippen LogP contribution is 2.20. The predicted octanol–water partition coefficient (Wildman–Crippen LogP) is 3.32. The van der Waals surface area contributed by atoms with Gasteiger partial charge in [-0.2, -0.15) is 0 Å². The Morgan fingerprint density at radius 2 is 1.81 bits per heavy atom. The molecule has 1 N–H and O–H groups in total. The van der Waals surface area contributed by atoms with Gasteiger partial charge in [0.05, 0.1) is 0 Å². The lowest BCUT2D eigenvalue weighted by Gasteiger charge is -2.42. The molecule has 0 radical (unpaired) electrons. The molecular formula is C18H31N3. The zero-order chi connectivity index (χ0) is 15.2. The largest absolute Gasteiger partial charge is 0.311 e. The summed E-state index contributed by atoms with van der Waals surface area (Å²) in [6.07, 6.45) is 6.34. The Morgan fingerprint density at radius 1 is 1.14 bits per heavy atom. The zero-order valence-corrected chi connectivity index (χ0v) is 14.0. The highest BCUT2D eigenvalue weighted by atomic mass is 15.2. The molecule has 2 atom stereocenters. The highest BCUT2D eigenvalue weighted by Gasteiger charge is 2.28. The minimum Gasteiger partial charge on any atom is -0.311 e. The molecule has 2 unspecified atom stereocenters. The van der Waals surface area contributed by atoms with Crippen molar-refractivity contribution in [3.8, 4) is 0 Å². The SMILES string of the molecule is CC(C)CC1CN(Cc2ccncc2)C(CC(C)C)CN1. The number of hydrogen-bond acceptors (Lipinski definition) is 3. The maximum atomic E-state index is 4.13. The Balaban J connectivity index is 2.01. The molecule has 118 valence electrons. The minimum atomic E-state index is 0.634. The Bertz CT molecular complexity index is 402. The molecule has 2 rings (SSSR count). The van der Waals surface area contributed by atoms with Gasteiger partial charge in [-0.1, -0.05) is 27.7 Å². The van der Waals surface area contributed by atoms with Crippen molar-refractivity contribution in [3.63, 3.8) is 0 Å². The predicted molar refractivity (Wildman–Crippen MR) is 89.1 cm³/mol. The van der Waals surface area contributed by atoms with Crippen LogP contribution in [0.2, 0.25) is 0 Å². The summed E-state index contributed by atoms with van der Waals surface area (Å²) < 4.78 is 0. The van der Waals surface area contributed by atoms with Gasteiger partial charge in [0.2, 0.25) is 0 Å². The molecule has 21 heavy (non-hydrogen) atoms. The summed E-state index contributed by atoms with van der Waals surface area (Å²) in [5, 5.41) is 3.77. The van der Waals surface area contributed by atoms with Gasteiger partial charge in [0.15, 0.2) is 0 Å². The van der Waals surface area contributed by atoms with Crippen LogP contribution in [0, 0.1) is 11.8 Å². The molecule has 1 aromatic rings. The first kappa shape index (κ1) is 16.4. The van der Waals surface area contributed by atoms with Crippen molar-refractivity contribution in [2.75, 3.05) is 13.1 Å². The summed E-state index contributed by atoms with van der Waals surface area (Å²) >= 11 is 0. The van der Waals surface area contributed by atoms with Crippen molar-refractivity contribution in [1.29, 1.82) is 0 Å². The number of nitrogens with zero attached hydrogens (tertiary/aromatic N) is 2. The molecule has 0 spiro atoms. The van der Waals surface area contributed by atoms with Crippen LogP contribution in [0.4, 0.5) is 0 Å². The van der Waals surface area contributed by atoms with Crippen LogP contribution in [0.3, 0.4) is 0 Å². The Hall–Kier alpha value is -0.930. The van der Waals surface area contributed by atoms with Crippen LogP contribution in [0.5, 0.6) is 0 Å². The van der Waals surface area contributed by atoms with Crippen LogP contribution in [-0.4, -0.2) is 35.1 Å². The van der Waals surface area contributed by atoms with Gasteiger partial charge < -0.3 is 5.32 Å². The summed E-state index contributed by atoms with van der Waals surface area (Å²) in [5.41, 5.74) is 1.38. The van der Waals surface area contributed by atoms with Crippen LogP contribution >= 0.6 is 0 Å². The first-order valence-corrected chi connectivity index (χ1v) is 8.41.